The highest BCUT2D eigenvalue weighted by atomic mass is 14.8. The van der Waals surface area contributed by atoms with E-state index < -0.39 is 0 Å². The molecule has 0 spiro atoms. The molecule has 2 rings (SSSR count). The van der Waals surface area contributed by atoms with Gasteiger partial charge in [0.25, 0.3) is 0 Å². The fourth-order valence-corrected chi connectivity index (χ4v) is 1.19. The number of aromatic nitrogens is 2. The van der Waals surface area contributed by atoms with Crippen LogP contribution in [0.5, 0.6) is 0 Å². The molecule has 2 heteroatoms. The van der Waals surface area contributed by atoms with Gasteiger partial charge in [-0.2, -0.15) is 0 Å². The first-order chi connectivity index (χ1) is 6.90. The van der Waals surface area contributed by atoms with Gasteiger partial charge in [-0.25, -0.2) is 9.97 Å². The van der Waals surface area contributed by atoms with Crippen molar-refractivity contribution in [3.8, 4) is 11.4 Å². The Morgan fingerprint density at radius 2 is 1.64 bits per heavy atom. The van der Waals surface area contributed by atoms with Crippen LogP contribution in [0, 0.1) is 6.58 Å². The molecule has 0 aliphatic heterocycles. The summed E-state index contributed by atoms with van der Waals surface area (Å²) in [6.07, 6.45) is 5.02. The predicted octanol–water partition coefficient (Wildman–Crippen LogP) is 2.59. The summed E-state index contributed by atoms with van der Waals surface area (Å²) in [5, 5.41) is 0. The summed E-state index contributed by atoms with van der Waals surface area (Å²) in [5.74, 6) is 0.732. The third-order valence-corrected chi connectivity index (χ3v) is 1.93. The van der Waals surface area contributed by atoms with Gasteiger partial charge in [0.2, 0.25) is 0 Å². The number of hydrogen-bond donors (Lipinski definition) is 0. The van der Waals surface area contributed by atoms with Crippen LogP contribution in [0.1, 0.15) is 5.56 Å². The van der Waals surface area contributed by atoms with Crippen LogP contribution in [0.15, 0.2) is 42.7 Å². The van der Waals surface area contributed by atoms with E-state index in [4.69, 9.17) is 6.58 Å². The van der Waals surface area contributed by atoms with Crippen LogP contribution in [0.25, 0.3) is 17.5 Å². The van der Waals surface area contributed by atoms with E-state index in [1.807, 2.05) is 24.3 Å². The lowest BCUT2D eigenvalue weighted by molar-refractivity contribution is 1.18. The molecule has 0 aliphatic rings. The standard InChI is InChI=1S/C12H9N2/c1-2-10-4-6-11(7-5-10)12-13-8-3-9-14-12/h1-9H. The van der Waals surface area contributed by atoms with Crippen molar-refractivity contribution >= 4 is 6.08 Å². The molecule has 0 bridgehead atoms. The summed E-state index contributed by atoms with van der Waals surface area (Å²) in [5.41, 5.74) is 1.99. The molecule has 67 valence electrons. The Hall–Kier alpha value is -1.96. The van der Waals surface area contributed by atoms with Gasteiger partial charge < -0.3 is 0 Å². The minimum Gasteiger partial charge on any atom is -0.237 e. The third kappa shape index (κ3) is 1.69. The average molecular weight is 181 g/mol. The summed E-state index contributed by atoms with van der Waals surface area (Å²) < 4.78 is 0. The molecule has 1 aromatic carbocycles. The molecule has 0 saturated heterocycles. The Kier molecular flexibility index (Phi) is 2.36. The van der Waals surface area contributed by atoms with Crippen LogP contribution in [0.2, 0.25) is 0 Å². The van der Waals surface area contributed by atoms with Gasteiger partial charge in [0.05, 0.1) is 0 Å². The second-order valence-corrected chi connectivity index (χ2v) is 2.86. The molecule has 2 aromatic rings. The Bertz CT molecular complexity index is 418. The zero-order valence-electron chi connectivity index (χ0n) is 7.59. The smallest absolute Gasteiger partial charge is 0.159 e. The quantitative estimate of drug-likeness (QED) is 0.711. The zero-order chi connectivity index (χ0) is 9.80. The highest BCUT2D eigenvalue weighted by Crippen LogP contribution is 2.14. The molecule has 1 aromatic heterocycles. The van der Waals surface area contributed by atoms with Crippen molar-refractivity contribution < 1.29 is 0 Å². The Balaban J connectivity index is 2.39. The van der Waals surface area contributed by atoms with E-state index in [9.17, 15) is 0 Å². The van der Waals surface area contributed by atoms with Gasteiger partial charge in [0, 0.05) is 18.0 Å². The number of hydrogen-bond acceptors (Lipinski definition) is 2. The van der Waals surface area contributed by atoms with Gasteiger partial charge in [0.1, 0.15) is 0 Å². The third-order valence-electron chi connectivity index (χ3n) is 1.93. The van der Waals surface area contributed by atoms with E-state index in [2.05, 4.69) is 9.97 Å². The Labute approximate surface area is 83.0 Å². The van der Waals surface area contributed by atoms with Gasteiger partial charge >= 0.3 is 0 Å². The van der Waals surface area contributed by atoms with Gasteiger partial charge in [-0.1, -0.05) is 36.9 Å². The van der Waals surface area contributed by atoms with Gasteiger partial charge in [-0.15, -0.1) is 0 Å². The lowest BCUT2D eigenvalue weighted by Crippen LogP contribution is -1.86. The van der Waals surface area contributed by atoms with Crippen LogP contribution in [0.3, 0.4) is 0 Å². The van der Waals surface area contributed by atoms with Crippen LogP contribution in [-0.2, 0) is 0 Å². The van der Waals surface area contributed by atoms with Crippen LogP contribution in [-0.4, -0.2) is 9.97 Å². The SMILES string of the molecule is [CH]=Cc1ccc(-c2ncccn2)cc1. The normalized spacial score (nSPS) is 9.71. The lowest BCUT2D eigenvalue weighted by Gasteiger charge is -1.98. The fraction of sp³-hybridized carbons (Fsp3) is 0. The highest BCUT2D eigenvalue weighted by Gasteiger charge is 1.97. The predicted molar refractivity (Wildman–Crippen MR) is 56.2 cm³/mol. The maximum atomic E-state index is 5.38. The minimum atomic E-state index is 0.732. The van der Waals surface area contributed by atoms with Gasteiger partial charge in [0.15, 0.2) is 5.82 Å². The number of nitrogens with zero attached hydrogens (tertiary/aromatic N) is 2. The second kappa shape index (κ2) is 3.83. The van der Waals surface area contributed by atoms with Crippen LogP contribution in [0.4, 0.5) is 0 Å². The lowest BCUT2D eigenvalue weighted by atomic mass is 10.1. The molecule has 1 heterocycles. The first kappa shape index (κ1) is 8.63. The van der Waals surface area contributed by atoms with Gasteiger partial charge in [-0.3, -0.25) is 0 Å². The molecule has 14 heavy (non-hydrogen) atoms. The fourth-order valence-electron chi connectivity index (χ4n) is 1.19. The topological polar surface area (TPSA) is 25.8 Å². The summed E-state index contributed by atoms with van der Waals surface area (Å²) in [7, 11) is 0. The van der Waals surface area contributed by atoms with Gasteiger partial charge in [-0.05, 0) is 11.6 Å². The highest BCUT2D eigenvalue weighted by molar-refractivity contribution is 5.58. The summed E-state index contributed by atoms with van der Waals surface area (Å²) >= 11 is 0. The Morgan fingerprint density at radius 1 is 1.00 bits per heavy atom. The molecule has 2 nitrogen and oxygen atoms in total. The molecule has 0 fully saturated rings. The molecule has 0 saturated carbocycles. The molecular formula is C12H9N2. The van der Waals surface area contributed by atoms with Crippen molar-refractivity contribution in [2.45, 2.75) is 0 Å². The molecule has 0 N–H and O–H groups in total. The maximum Gasteiger partial charge on any atom is 0.159 e. The van der Waals surface area contributed by atoms with Crippen molar-refractivity contribution in [3.05, 3.63) is 54.9 Å². The Morgan fingerprint density at radius 3 is 2.21 bits per heavy atom. The maximum absolute atomic E-state index is 5.38. The van der Waals surface area contributed by atoms with Crippen molar-refractivity contribution in [3.63, 3.8) is 0 Å². The van der Waals surface area contributed by atoms with Crippen molar-refractivity contribution in [2.75, 3.05) is 0 Å². The molecular weight excluding hydrogens is 172 g/mol. The molecule has 0 aliphatic carbocycles. The van der Waals surface area contributed by atoms with E-state index in [0.29, 0.717) is 0 Å². The van der Waals surface area contributed by atoms with E-state index in [-0.39, 0.29) is 0 Å². The van der Waals surface area contributed by atoms with Crippen molar-refractivity contribution in [1.29, 1.82) is 0 Å². The average Bonchev–Trinajstić information content (AvgIpc) is 2.30. The molecule has 0 atom stereocenters. The van der Waals surface area contributed by atoms with E-state index in [0.717, 1.165) is 17.0 Å². The molecule has 0 unspecified atom stereocenters. The van der Waals surface area contributed by atoms with Crippen molar-refractivity contribution in [2.24, 2.45) is 0 Å². The van der Waals surface area contributed by atoms with Crippen LogP contribution < -0.4 is 0 Å². The zero-order valence-corrected chi connectivity index (χ0v) is 7.59. The first-order valence-corrected chi connectivity index (χ1v) is 4.32. The summed E-state index contributed by atoms with van der Waals surface area (Å²) in [6.45, 7) is 5.38. The second-order valence-electron chi connectivity index (χ2n) is 2.86. The summed E-state index contributed by atoms with van der Waals surface area (Å²) in [4.78, 5) is 8.30. The monoisotopic (exact) mass is 181 g/mol. The van der Waals surface area contributed by atoms with E-state index >= 15 is 0 Å². The first-order valence-electron chi connectivity index (χ1n) is 4.32. The molecule has 0 amide bonds. The van der Waals surface area contributed by atoms with Crippen molar-refractivity contribution in [1.82, 2.24) is 9.97 Å². The number of benzene rings is 1. The minimum absolute atomic E-state index is 0.732. The molecule has 1 radical (unpaired) electrons. The number of rotatable bonds is 2. The largest absolute Gasteiger partial charge is 0.237 e. The van der Waals surface area contributed by atoms with E-state index in [1.165, 1.54) is 0 Å². The summed E-state index contributed by atoms with van der Waals surface area (Å²) in [6, 6.07) is 9.57. The van der Waals surface area contributed by atoms with E-state index in [1.54, 1.807) is 24.5 Å². The van der Waals surface area contributed by atoms with Crippen LogP contribution >= 0.6 is 0 Å².